The molecule has 1 aliphatic heterocycles. The largest absolute Gasteiger partial charge is 0.378 e. The van der Waals surface area contributed by atoms with Crippen LogP contribution in [0.1, 0.15) is 25.6 Å². The van der Waals surface area contributed by atoms with Gasteiger partial charge >= 0.3 is 0 Å². The molecule has 0 spiro atoms. The summed E-state index contributed by atoms with van der Waals surface area (Å²) in [6.45, 7) is 9.97. The minimum Gasteiger partial charge on any atom is -0.378 e. The molecule has 0 aliphatic carbocycles. The molecule has 0 N–H and O–H groups in total. The van der Waals surface area contributed by atoms with Crippen molar-refractivity contribution in [3.8, 4) is 0 Å². The molecule has 0 aromatic carbocycles. The van der Waals surface area contributed by atoms with E-state index in [0.29, 0.717) is 5.15 Å². The lowest BCUT2D eigenvalue weighted by Gasteiger charge is -2.32. The first-order valence-electron chi connectivity index (χ1n) is 6.74. The van der Waals surface area contributed by atoms with Gasteiger partial charge in [0.2, 0.25) is 0 Å². The van der Waals surface area contributed by atoms with Gasteiger partial charge in [0.25, 0.3) is 0 Å². The molecule has 2 aromatic rings. The van der Waals surface area contributed by atoms with Crippen LogP contribution < -0.4 is 4.90 Å². The van der Waals surface area contributed by atoms with Crippen LogP contribution in [0, 0.1) is 0 Å². The number of morpholine rings is 1. The number of halogens is 1. The number of ether oxygens (including phenoxy) is 1. The Kier molecular flexibility index (Phi) is 3.60. The second-order valence-electron chi connectivity index (χ2n) is 5.97. The van der Waals surface area contributed by atoms with Crippen molar-refractivity contribution in [2.75, 3.05) is 31.2 Å². The molecular formula is C14H18ClN3OS. The third-order valence-electron chi connectivity index (χ3n) is 3.43. The smallest absolute Gasteiger partial charge is 0.143 e. The van der Waals surface area contributed by atoms with E-state index < -0.39 is 0 Å². The van der Waals surface area contributed by atoms with E-state index in [-0.39, 0.29) is 5.41 Å². The molecule has 1 saturated heterocycles. The molecule has 108 valence electrons. The van der Waals surface area contributed by atoms with Gasteiger partial charge in [0.1, 0.15) is 16.3 Å². The minimum absolute atomic E-state index is 0.0579. The van der Waals surface area contributed by atoms with Crippen LogP contribution >= 0.6 is 22.9 Å². The van der Waals surface area contributed by atoms with Crippen LogP contribution in [0.4, 0.5) is 5.69 Å². The van der Waals surface area contributed by atoms with Crippen LogP contribution in [0.3, 0.4) is 0 Å². The Bertz CT molecular complexity index is 629. The zero-order valence-corrected chi connectivity index (χ0v) is 13.5. The Morgan fingerprint density at radius 2 is 1.95 bits per heavy atom. The van der Waals surface area contributed by atoms with Gasteiger partial charge in [-0.15, -0.1) is 11.3 Å². The number of nitrogens with zero attached hydrogens (tertiary/aromatic N) is 3. The highest BCUT2D eigenvalue weighted by Crippen LogP contribution is 2.45. The number of hydrogen-bond acceptors (Lipinski definition) is 5. The van der Waals surface area contributed by atoms with Gasteiger partial charge in [-0.25, -0.2) is 9.97 Å². The predicted molar refractivity (Wildman–Crippen MR) is 84.2 cm³/mol. The van der Waals surface area contributed by atoms with Crippen molar-refractivity contribution in [3.05, 3.63) is 16.4 Å². The van der Waals surface area contributed by atoms with Crippen LogP contribution in [0.25, 0.3) is 10.2 Å². The first-order chi connectivity index (χ1) is 9.48. The highest BCUT2D eigenvalue weighted by atomic mass is 35.5. The molecule has 0 unspecified atom stereocenters. The number of thiophene rings is 1. The van der Waals surface area contributed by atoms with E-state index in [4.69, 9.17) is 16.3 Å². The summed E-state index contributed by atoms with van der Waals surface area (Å²) in [5.41, 5.74) is 1.26. The van der Waals surface area contributed by atoms with Gasteiger partial charge in [0.15, 0.2) is 0 Å². The van der Waals surface area contributed by atoms with Crippen molar-refractivity contribution < 1.29 is 4.74 Å². The van der Waals surface area contributed by atoms with Gasteiger partial charge < -0.3 is 9.64 Å². The first-order valence-corrected chi connectivity index (χ1v) is 7.94. The minimum atomic E-state index is 0.0579. The van der Waals surface area contributed by atoms with E-state index in [2.05, 4.69) is 35.6 Å². The summed E-state index contributed by atoms with van der Waals surface area (Å²) in [6.07, 6.45) is 1.54. The highest BCUT2D eigenvalue weighted by Gasteiger charge is 2.29. The average molecular weight is 312 g/mol. The number of hydrogen-bond donors (Lipinski definition) is 0. The Morgan fingerprint density at radius 1 is 1.25 bits per heavy atom. The van der Waals surface area contributed by atoms with Crippen LogP contribution in [-0.4, -0.2) is 36.3 Å². The molecule has 3 rings (SSSR count). The fourth-order valence-corrected chi connectivity index (χ4v) is 3.98. The second kappa shape index (κ2) is 5.13. The summed E-state index contributed by atoms with van der Waals surface area (Å²) < 4.78 is 5.46. The molecule has 0 radical (unpaired) electrons. The van der Waals surface area contributed by atoms with Crippen molar-refractivity contribution >= 4 is 38.8 Å². The van der Waals surface area contributed by atoms with Crippen LogP contribution in [0.2, 0.25) is 5.15 Å². The lowest BCUT2D eigenvalue weighted by molar-refractivity contribution is 0.122. The van der Waals surface area contributed by atoms with E-state index in [1.807, 2.05) is 0 Å². The molecular weight excluding hydrogens is 294 g/mol. The lowest BCUT2D eigenvalue weighted by Crippen LogP contribution is -2.37. The van der Waals surface area contributed by atoms with Crippen molar-refractivity contribution in [3.63, 3.8) is 0 Å². The SMILES string of the molecule is CC(C)(C)c1sc2ncnc(Cl)c2c1N1CCOCC1. The van der Waals surface area contributed by atoms with Gasteiger partial charge in [-0.2, -0.15) is 0 Å². The maximum atomic E-state index is 6.34. The van der Waals surface area contributed by atoms with Crippen LogP contribution in [0.15, 0.2) is 6.33 Å². The summed E-state index contributed by atoms with van der Waals surface area (Å²) in [6, 6.07) is 0. The normalized spacial score (nSPS) is 16.9. The number of aromatic nitrogens is 2. The van der Waals surface area contributed by atoms with E-state index in [1.54, 1.807) is 11.3 Å². The average Bonchev–Trinajstić information content (AvgIpc) is 2.80. The number of fused-ring (bicyclic) bond motifs is 1. The standard InChI is InChI=1S/C14H18ClN3OS/c1-14(2,3)11-10(18-4-6-19-7-5-18)9-12(15)16-8-17-13(9)20-11/h8H,4-7H2,1-3H3. The maximum Gasteiger partial charge on any atom is 0.143 e. The molecule has 1 aliphatic rings. The van der Waals surface area contributed by atoms with E-state index >= 15 is 0 Å². The molecule has 2 aromatic heterocycles. The lowest BCUT2D eigenvalue weighted by atomic mass is 9.92. The van der Waals surface area contributed by atoms with E-state index in [0.717, 1.165) is 36.5 Å². The Hall–Kier alpha value is -0.910. The van der Waals surface area contributed by atoms with Crippen molar-refractivity contribution in [1.29, 1.82) is 0 Å². The van der Waals surface area contributed by atoms with Crippen molar-refractivity contribution in [1.82, 2.24) is 9.97 Å². The third kappa shape index (κ3) is 2.38. The summed E-state index contributed by atoms with van der Waals surface area (Å²) in [5, 5.41) is 1.54. The summed E-state index contributed by atoms with van der Waals surface area (Å²) >= 11 is 8.06. The van der Waals surface area contributed by atoms with Gasteiger partial charge in [-0.05, 0) is 5.41 Å². The van der Waals surface area contributed by atoms with Gasteiger partial charge in [-0.3, -0.25) is 0 Å². The summed E-state index contributed by atoms with van der Waals surface area (Å²) in [5.74, 6) is 0. The molecule has 0 amide bonds. The Balaban J connectivity index is 2.24. The quantitative estimate of drug-likeness (QED) is 0.756. The van der Waals surface area contributed by atoms with Gasteiger partial charge in [-0.1, -0.05) is 32.4 Å². The monoisotopic (exact) mass is 311 g/mol. The molecule has 4 nitrogen and oxygen atoms in total. The number of anilines is 1. The highest BCUT2D eigenvalue weighted by molar-refractivity contribution is 7.19. The molecule has 20 heavy (non-hydrogen) atoms. The first kappa shape index (κ1) is 14.0. The summed E-state index contributed by atoms with van der Waals surface area (Å²) in [4.78, 5) is 13.2. The second-order valence-corrected chi connectivity index (χ2v) is 7.33. The van der Waals surface area contributed by atoms with Gasteiger partial charge in [0.05, 0.1) is 24.3 Å². The molecule has 1 fully saturated rings. The molecule has 6 heteroatoms. The van der Waals surface area contributed by atoms with E-state index in [9.17, 15) is 0 Å². The third-order valence-corrected chi connectivity index (χ3v) is 5.22. The zero-order chi connectivity index (χ0) is 14.3. The van der Waals surface area contributed by atoms with Crippen LogP contribution in [0.5, 0.6) is 0 Å². The van der Waals surface area contributed by atoms with E-state index in [1.165, 1.54) is 16.9 Å². The molecule has 3 heterocycles. The van der Waals surface area contributed by atoms with Crippen molar-refractivity contribution in [2.24, 2.45) is 0 Å². The van der Waals surface area contributed by atoms with Crippen molar-refractivity contribution in [2.45, 2.75) is 26.2 Å². The predicted octanol–water partition coefficient (Wildman–Crippen LogP) is 3.48. The van der Waals surface area contributed by atoms with Crippen LogP contribution in [-0.2, 0) is 10.2 Å². The molecule has 0 atom stereocenters. The molecule has 0 saturated carbocycles. The fourth-order valence-electron chi connectivity index (χ4n) is 2.48. The van der Waals surface area contributed by atoms with Gasteiger partial charge in [0, 0.05) is 18.0 Å². The topological polar surface area (TPSA) is 38.2 Å². The Morgan fingerprint density at radius 3 is 2.60 bits per heavy atom. The zero-order valence-electron chi connectivity index (χ0n) is 11.9. The summed E-state index contributed by atoms with van der Waals surface area (Å²) in [7, 11) is 0. The molecule has 0 bridgehead atoms. The fraction of sp³-hybridized carbons (Fsp3) is 0.571. The maximum absolute atomic E-state index is 6.34. The number of rotatable bonds is 1. The Labute approximate surface area is 127 Å².